The molecular weight excluding hydrogens is 312 g/mol. The molecule has 0 radical (unpaired) electrons. The van der Waals surface area contributed by atoms with Gasteiger partial charge in [0.15, 0.2) is 0 Å². The number of rotatable bonds is 6. The molecule has 0 aliphatic carbocycles. The van der Waals surface area contributed by atoms with E-state index in [4.69, 9.17) is 16.3 Å². The summed E-state index contributed by atoms with van der Waals surface area (Å²) >= 11 is 5.82. The zero-order chi connectivity index (χ0) is 16.7. The quantitative estimate of drug-likeness (QED) is 0.790. The zero-order valence-electron chi connectivity index (χ0n) is 13.4. The summed E-state index contributed by atoms with van der Waals surface area (Å²) in [6, 6.07) is 13.2. The van der Waals surface area contributed by atoms with Gasteiger partial charge >= 0.3 is 6.03 Å². The summed E-state index contributed by atoms with van der Waals surface area (Å²) in [6.45, 7) is 5.35. The molecule has 122 valence electrons. The highest BCUT2D eigenvalue weighted by atomic mass is 35.5. The van der Waals surface area contributed by atoms with Crippen LogP contribution in [0.1, 0.15) is 16.7 Å². The minimum absolute atomic E-state index is 0.218. The van der Waals surface area contributed by atoms with Gasteiger partial charge in [0.05, 0.1) is 6.54 Å². The number of hydrogen-bond donors (Lipinski definition) is 2. The van der Waals surface area contributed by atoms with Gasteiger partial charge in [0.1, 0.15) is 12.4 Å². The number of nitrogens with one attached hydrogen (secondary N) is 2. The molecule has 0 bridgehead atoms. The van der Waals surface area contributed by atoms with Gasteiger partial charge in [0.25, 0.3) is 0 Å². The maximum Gasteiger partial charge on any atom is 0.315 e. The van der Waals surface area contributed by atoms with Gasteiger partial charge in [-0.3, -0.25) is 0 Å². The van der Waals surface area contributed by atoms with Gasteiger partial charge in [0.2, 0.25) is 0 Å². The number of amides is 2. The summed E-state index contributed by atoms with van der Waals surface area (Å²) in [4.78, 5) is 11.7. The van der Waals surface area contributed by atoms with Crippen LogP contribution >= 0.6 is 11.6 Å². The molecule has 2 amide bonds. The topological polar surface area (TPSA) is 50.4 Å². The molecule has 0 unspecified atom stereocenters. The number of urea groups is 1. The standard InChI is InChI=1S/C18H21ClN2O2/c1-13-4-3-5-14(2)17(13)23-11-10-20-18(22)21-12-15-6-8-16(19)9-7-15/h3-9H,10-12H2,1-2H3,(H2,20,21,22). The lowest BCUT2D eigenvalue weighted by atomic mass is 10.1. The maximum absolute atomic E-state index is 11.7. The van der Waals surface area contributed by atoms with Crippen LogP contribution in [0.2, 0.25) is 5.02 Å². The second kappa shape index (κ2) is 8.44. The van der Waals surface area contributed by atoms with E-state index in [-0.39, 0.29) is 6.03 Å². The largest absolute Gasteiger partial charge is 0.491 e. The van der Waals surface area contributed by atoms with E-state index < -0.39 is 0 Å². The highest BCUT2D eigenvalue weighted by molar-refractivity contribution is 6.30. The van der Waals surface area contributed by atoms with Crippen molar-refractivity contribution >= 4 is 17.6 Å². The Morgan fingerprint density at radius 2 is 1.70 bits per heavy atom. The Kier molecular flexibility index (Phi) is 6.29. The predicted octanol–water partition coefficient (Wildman–Crippen LogP) is 3.84. The van der Waals surface area contributed by atoms with Crippen LogP contribution in [0.25, 0.3) is 0 Å². The SMILES string of the molecule is Cc1cccc(C)c1OCCNC(=O)NCc1ccc(Cl)cc1. The van der Waals surface area contributed by atoms with Gasteiger partial charge in [0, 0.05) is 11.6 Å². The Labute approximate surface area is 141 Å². The molecule has 0 aliphatic heterocycles. The predicted molar refractivity (Wildman–Crippen MR) is 93.1 cm³/mol. The van der Waals surface area contributed by atoms with Crippen LogP contribution < -0.4 is 15.4 Å². The summed E-state index contributed by atoms with van der Waals surface area (Å²) in [5.74, 6) is 0.885. The van der Waals surface area contributed by atoms with Crippen LogP contribution in [0.4, 0.5) is 4.79 Å². The monoisotopic (exact) mass is 332 g/mol. The molecule has 0 saturated carbocycles. The van der Waals surface area contributed by atoms with Gasteiger partial charge in [-0.1, -0.05) is 41.9 Å². The lowest BCUT2D eigenvalue weighted by Crippen LogP contribution is -2.37. The van der Waals surface area contributed by atoms with E-state index in [9.17, 15) is 4.79 Å². The lowest BCUT2D eigenvalue weighted by Gasteiger charge is -2.12. The summed E-state index contributed by atoms with van der Waals surface area (Å²) in [5, 5.41) is 6.25. The molecule has 0 spiro atoms. The highest BCUT2D eigenvalue weighted by Crippen LogP contribution is 2.21. The van der Waals surface area contributed by atoms with Crippen molar-refractivity contribution in [3.8, 4) is 5.75 Å². The average molecular weight is 333 g/mol. The van der Waals surface area contributed by atoms with Crippen LogP contribution in [0.5, 0.6) is 5.75 Å². The first-order valence-electron chi connectivity index (χ1n) is 7.51. The highest BCUT2D eigenvalue weighted by Gasteiger charge is 2.04. The van der Waals surface area contributed by atoms with Crippen LogP contribution in [0, 0.1) is 13.8 Å². The lowest BCUT2D eigenvalue weighted by molar-refractivity contribution is 0.236. The molecule has 2 aromatic carbocycles. The molecule has 4 nitrogen and oxygen atoms in total. The molecule has 0 aromatic heterocycles. The van der Waals surface area contributed by atoms with Crippen LogP contribution in [0.3, 0.4) is 0 Å². The van der Waals surface area contributed by atoms with E-state index in [1.54, 1.807) is 12.1 Å². The van der Waals surface area contributed by atoms with Crippen LogP contribution in [-0.2, 0) is 6.54 Å². The Morgan fingerprint density at radius 3 is 2.35 bits per heavy atom. The van der Waals surface area contributed by atoms with Crippen molar-refractivity contribution < 1.29 is 9.53 Å². The normalized spacial score (nSPS) is 10.2. The van der Waals surface area contributed by atoms with Gasteiger partial charge in [-0.25, -0.2) is 4.79 Å². The van der Waals surface area contributed by atoms with Crippen molar-refractivity contribution in [2.24, 2.45) is 0 Å². The minimum atomic E-state index is -0.218. The molecule has 2 aromatic rings. The van der Waals surface area contributed by atoms with E-state index in [1.807, 2.05) is 44.2 Å². The first kappa shape index (κ1) is 17.2. The van der Waals surface area contributed by atoms with E-state index in [0.29, 0.717) is 24.7 Å². The van der Waals surface area contributed by atoms with Crippen LogP contribution in [0.15, 0.2) is 42.5 Å². The number of carbonyl (C=O) groups is 1. The third-order valence-corrected chi connectivity index (χ3v) is 3.66. The second-order valence-corrected chi connectivity index (χ2v) is 5.74. The molecule has 0 saturated heterocycles. The van der Waals surface area contributed by atoms with Gasteiger partial charge in [-0.2, -0.15) is 0 Å². The maximum atomic E-state index is 11.7. The summed E-state index contributed by atoms with van der Waals surface area (Å²) in [6.07, 6.45) is 0. The van der Waals surface area contributed by atoms with Crippen molar-refractivity contribution in [2.75, 3.05) is 13.2 Å². The number of aryl methyl sites for hydroxylation is 2. The first-order chi connectivity index (χ1) is 11.1. The number of para-hydroxylation sites is 1. The van der Waals surface area contributed by atoms with E-state index in [0.717, 1.165) is 22.4 Å². The minimum Gasteiger partial charge on any atom is -0.491 e. The Morgan fingerprint density at radius 1 is 1.04 bits per heavy atom. The van der Waals surface area contributed by atoms with Gasteiger partial charge in [-0.15, -0.1) is 0 Å². The van der Waals surface area contributed by atoms with E-state index in [2.05, 4.69) is 10.6 Å². The number of hydrogen-bond acceptors (Lipinski definition) is 2. The Balaban J connectivity index is 1.68. The number of halogens is 1. The fourth-order valence-electron chi connectivity index (χ4n) is 2.19. The average Bonchev–Trinajstić information content (AvgIpc) is 2.53. The number of ether oxygens (including phenoxy) is 1. The molecule has 2 rings (SSSR count). The van der Waals surface area contributed by atoms with E-state index in [1.165, 1.54) is 0 Å². The van der Waals surface area contributed by atoms with Gasteiger partial charge in [-0.05, 0) is 42.7 Å². The number of carbonyl (C=O) groups excluding carboxylic acids is 1. The molecule has 5 heteroatoms. The van der Waals surface area contributed by atoms with Crippen LogP contribution in [-0.4, -0.2) is 19.2 Å². The Hall–Kier alpha value is -2.20. The van der Waals surface area contributed by atoms with Crippen molar-refractivity contribution in [1.29, 1.82) is 0 Å². The second-order valence-electron chi connectivity index (χ2n) is 5.31. The smallest absolute Gasteiger partial charge is 0.315 e. The summed E-state index contributed by atoms with van der Waals surface area (Å²) < 4.78 is 5.74. The molecule has 0 fully saturated rings. The van der Waals surface area contributed by atoms with Crippen molar-refractivity contribution in [3.05, 3.63) is 64.2 Å². The van der Waals surface area contributed by atoms with Crippen molar-refractivity contribution in [2.45, 2.75) is 20.4 Å². The molecule has 0 atom stereocenters. The Bertz CT molecular complexity index is 636. The van der Waals surface area contributed by atoms with E-state index >= 15 is 0 Å². The molecule has 2 N–H and O–H groups in total. The molecule has 23 heavy (non-hydrogen) atoms. The summed E-state index contributed by atoms with van der Waals surface area (Å²) in [5.41, 5.74) is 3.19. The van der Waals surface area contributed by atoms with Gasteiger partial charge < -0.3 is 15.4 Å². The fourth-order valence-corrected chi connectivity index (χ4v) is 2.32. The summed E-state index contributed by atoms with van der Waals surface area (Å²) in [7, 11) is 0. The third-order valence-electron chi connectivity index (χ3n) is 3.41. The molecular formula is C18H21ClN2O2. The fraction of sp³-hybridized carbons (Fsp3) is 0.278. The molecule has 0 aliphatic rings. The zero-order valence-corrected chi connectivity index (χ0v) is 14.1. The first-order valence-corrected chi connectivity index (χ1v) is 7.89. The van der Waals surface area contributed by atoms with Crippen molar-refractivity contribution in [1.82, 2.24) is 10.6 Å². The number of benzene rings is 2. The third kappa shape index (κ3) is 5.49. The molecule has 0 heterocycles. The van der Waals surface area contributed by atoms with Crippen molar-refractivity contribution in [3.63, 3.8) is 0 Å².